The van der Waals surface area contributed by atoms with Crippen LogP contribution in [0.3, 0.4) is 0 Å². The van der Waals surface area contributed by atoms with E-state index in [4.69, 9.17) is 0 Å². The molecule has 0 radical (unpaired) electrons. The topological polar surface area (TPSA) is 47.0 Å². The third kappa shape index (κ3) is 5.94. The van der Waals surface area contributed by atoms with Crippen molar-refractivity contribution in [3.8, 4) is 5.75 Å². The molecule has 0 saturated heterocycles. The largest absolute Gasteiger partial charge is 0.435 e. The fourth-order valence-electron chi connectivity index (χ4n) is 2.04. The molecule has 25 heavy (non-hydrogen) atoms. The first-order valence-electron chi connectivity index (χ1n) is 7.45. The summed E-state index contributed by atoms with van der Waals surface area (Å²) in [6.07, 6.45) is 0.955. The van der Waals surface area contributed by atoms with E-state index in [2.05, 4.69) is 31.7 Å². The van der Waals surface area contributed by atoms with E-state index >= 15 is 0 Å². The van der Waals surface area contributed by atoms with Gasteiger partial charge in [0, 0.05) is 17.2 Å². The summed E-state index contributed by atoms with van der Waals surface area (Å²) < 4.78 is 29.7. The van der Waals surface area contributed by atoms with Crippen molar-refractivity contribution in [2.75, 3.05) is 11.9 Å². The van der Waals surface area contributed by atoms with Crippen LogP contribution in [0.4, 0.5) is 13.9 Å². The van der Waals surface area contributed by atoms with E-state index < -0.39 is 6.61 Å². The second-order valence-corrected chi connectivity index (χ2v) is 8.18. The van der Waals surface area contributed by atoms with Crippen molar-refractivity contribution in [3.63, 3.8) is 0 Å². The van der Waals surface area contributed by atoms with Crippen molar-refractivity contribution >= 4 is 39.6 Å². The van der Waals surface area contributed by atoms with Crippen molar-refractivity contribution in [1.82, 2.24) is 10.2 Å². The number of rotatable bonds is 9. The summed E-state index contributed by atoms with van der Waals surface area (Å²) in [7, 11) is 0. The fraction of sp³-hybridized carbons (Fsp3) is 0.250. The molecule has 0 aliphatic carbocycles. The molecule has 0 unspecified atom stereocenters. The Morgan fingerprint density at radius 1 is 1.20 bits per heavy atom. The third-order valence-corrected chi connectivity index (χ3v) is 6.14. The maximum Gasteiger partial charge on any atom is 0.387 e. The summed E-state index contributed by atoms with van der Waals surface area (Å²) in [6, 6.07) is 10.8. The Morgan fingerprint density at radius 2 is 2.12 bits per heavy atom. The number of benzene rings is 1. The lowest BCUT2D eigenvalue weighted by Gasteiger charge is -2.05. The molecule has 2 heterocycles. The van der Waals surface area contributed by atoms with Gasteiger partial charge in [-0.05, 0) is 35.6 Å². The average Bonchev–Trinajstić information content (AvgIpc) is 3.25. The van der Waals surface area contributed by atoms with Crippen LogP contribution in [0.2, 0.25) is 0 Å². The molecule has 1 aromatic carbocycles. The molecule has 2 aromatic heterocycles. The molecular weight excluding hydrogens is 384 g/mol. The van der Waals surface area contributed by atoms with Gasteiger partial charge in [-0.2, -0.15) is 8.78 Å². The summed E-state index contributed by atoms with van der Waals surface area (Å²) in [5.41, 5.74) is 0.894. The van der Waals surface area contributed by atoms with Gasteiger partial charge in [0.15, 0.2) is 4.34 Å². The third-order valence-electron chi connectivity index (χ3n) is 3.12. The number of halogens is 2. The molecule has 0 aliphatic rings. The van der Waals surface area contributed by atoms with Crippen molar-refractivity contribution in [1.29, 1.82) is 0 Å². The lowest BCUT2D eigenvalue weighted by molar-refractivity contribution is -0.0498. The number of nitrogens with zero attached hydrogens (tertiary/aromatic N) is 2. The van der Waals surface area contributed by atoms with Crippen molar-refractivity contribution < 1.29 is 13.5 Å². The highest BCUT2D eigenvalue weighted by molar-refractivity contribution is 8.00. The Labute approximate surface area is 156 Å². The number of hydrogen-bond donors (Lipinski definition) is 1. The van der Waals surface area contributed by atoms with Crippen LogP contribution >= 0.6 is 34.4 Å². The predicted octanol–water partition coefficient (Wildman–Crippen LogP) is 5.15. The molecule has 0 saturated carbocycles. The van der Waals surface area contributed by atoms with Gasteiger partial charge in [0.05, 0.1) is 0 Å². The van der Waals surface area contributed by atoms with Crippen LogP contribution in [-0.4, -0.2) is 23.4 Å². The van der Waals surface area contributed by atoms with E-state index in [1.165, 1.54) is 34.0 Å². The highest BCUT2D eigenvalue weighted by Gasteiger charge is 2.07. The van der Waals surface area contributed by atoms with Gasteiger partial charge >= 0.3 is 6.61 Å². The minimum absolute atomic E-state index is 0.168. The van der Waals surface area contributed by atoms with Gasteiger partial charge in [0.1, 0.15) is 5.75 Å². The average molecular weight is 400 g/mol. The Bertz CT molecular complexity index is 781. The molecule has 9 heteroatoms. The molecule has 0 atom stereocenters. The van der Waals surface area contributed by atoms with Crippen LogP contribution in [0.25, 0.3) is 0 Å². The summed E-state index contributed by atoms with van der Waals surface area (Å²) in [5, 5.41) is 14.4. The Kier molecular flexibility index (Phi) is 6.60. The van der Waals surface area contributed by atoms with Crippen LogP contribution < -0.4 is 10.1 Å². The summed E-state index contributed by atoms with van der Waals surface area (Å²) in [6.45, 7) is -2.00. The number of anilines is 1. The molecule has 0 amide bonds. The maximum absolute atomic E-state index is 12.2. The molecule has 1 N–H and O–H groups in total. The minimum atomic E-state index is -2.81. The molecule has 4 nitrogen and oxygen atoms in total. The minimum Gasteiger partial charge on any atom is -0.435 e. The summed E-state index contributed by atoms with van der Waals surface area (Å²) >= 11 is 4.74. The van der Waals surface area contributed by atoms with Gasteiger partial charge in [-0.15, -0.1) is 21.5 Å². The molecule has 3 rings (SSSR count). The predicted molar refractivity (Wildman–Crippen MR) is 99.1 cm³/mol. The van der Waals surface area contributed by atoms with Gasteiger partial charge < -0.3 is 10.1 Å². The molecule has 0 aliphatic heterocycles. The standard InChI is InChI=1S/C16H15F2N3OS3/c17-14(18)22-12-4-1-3-11(9-12)10-24-16-21-20-15(25-16)19-7-6-13-5-2-8-23-13/h1-5,8-9,14H,6-7,10H2,(H,19,20). The van der Waals surface area contributed by atoms with Gasteiger partial charge in [-0.3, -0.25) is 0 Å². The zero-order valence-electron chi connectivity index (χ0n) is 13.0. The van der Waals surface area contributed by atoms with E-state index in [0.29, 0.717) is 5.75 Å². The van der Waals surface area contributed by atoms with Gasteiger partial charge in [-0.1, -0.05) is 41.3 Å². The number of nitrogens with one attached hydrogen (secondary N) is 1. The second-order valence-electron chi connectivity index (χ2n) is 4.94. The van der Waals surface area contributed by atoms with Gasteiger partial charge in [0.25, 0.3) is 0 Å². The van der Waals surface area contributed by atoms with Crippen LogP contribution in [0.5, 0.6) is 5.75 Å². The van der Waals surface area contributed by atoms with E-state index in [0.717, 1.165) is 28.0 Å². The van der Waals surface area contributed by atoms with Crippen LogP contribution in [-0.2, 0) is 12.2 Å². The summed E-state index contributed by atoms with van der Waals surface area (Å²) in [5.74, 6) is 0.783. The molecule has 132 valence electrons. The zero-order valence-corrected chi connectivity index (χ0v) is 15.5. The first-order valence-corrected chi connectivity index (χ1v) is 10.1. The Balaban J connectivity index is 1.46. The zero-order chi connectivity index (χ0) is 17.5. The SMILES string of the molecule is FC(F)Oc1cccc(CSc2nnc(NCCc3cccs3)s2)c1. The summed E-state index contributed by atoms with van der Waals surface area (Å²) in [4.78, 5) is 1.33. The maximum atomic E-state index is 12.2. The van der Waals surface area contributed by atoms with Crippen LogP contribution in [0.1, 0.15) is 10.4 Å². The fourth-order valence-corrected chi connectivity index (χ4v) is 4.47. The number of thiophene rings is 1. The molecule has 3 aromatic rings. The quantitative estimate of drug-likeness (QED) is 0.504. The van der Waals surface area contributed by atoms with Crippen LogP contribution in [0.15, 0.2) is 46.1 Å². The van der Waals surface area contributed by atoms with Crippen molar-refractivity contribution in [2.45, 2.75) is 23.1 Å². The smallest absolute Gasteiger partial charge is 0.387 e. The lowest BCUT2D eigenvalue weighted by atomic mass is 10.2. The van der Waals surface area contributed by atoms with Crippen molar-refractivity contribution in [2.24, 2.45) is 0 Å². The molecule has 0 bridgehead atoms. The molecule has 0 spiro atoms. The number of thioether (sulfide) groups is 1. The lowest BCUT2D eigenvalue weighted by Crippen LogP contribution is -2.03. The number of ether oxygens (including phenoxy) is 1. The van der Waals surface area contributed by atoms with Gasteiger partial charge in [-0.25, -0.2) is 0 Å². The number of hydrogen-bond acceptors (Lipinski definition) is 7. The number of alkyl halides is 2. The Morgan fingerprint density at radius 3 is 2.92 bits per heavy atom. The van der Waals surface area contributed by atoms with Crippen molar-refractivity contribution in [3.05, 3.63) is 52.2 Å². The van der Waals surface area contributed by atoms with Gasteiger partial charge in [0.2, 0.25) is 5.13 Å². The van der Waals surface area contributed by atoms with E-state index in [-0.39, 0.29) is 5.75 Å². The first kappa shape index (κ1) is 18.1. The highest BCUT2D eigenvalue weighted by Crippen LogP contribution is 2.29. The second kappa shape index (κ2) is 9.12. The van der Waals surface area contributed by atoms with E-state index in [1.54, 1.807) is 23.5 Å². The van der Waals surface area contributed by atoms with Crippen LogP contribution in [0, 0.1) is 0 Å². The van der Waals surface area contributed by atoms with E-state index in [1.807, 2.05) is 12.1 Å². The monoisotopic (exact) mass is 399 g/mol. The van der Waals surface area contributed by atoms with E-state index in [9.17, 15) is 8.78 Å². The molecule has 0 fully saturated rings. The number of aromatic nitrogens is 2. The molecular formula is C16H15F2N3OS3. The Hall–Kier alpha value is -1.71. The first-order chi connectivity index (χ1) is 12.2. The normalized spacial score (nSPS) is 11.0. The highest BCUT2D eigenvalue weighted by atomic mass is 32.2.